The van der Waals surface area contributed by atoms with Gasteiger partial charge in [-0.1, -0.05) is 30.3 Å². The van der Waals surface area contributed by atoms with Gasteiger partial charge in [0.1, 0.15) is 6.61 Å². The lowest BCUT2D eigenvalue weighted by atomic mass is 10.2. The van der Waals surface area contributed by atoms with E-state index in [4.69, 9.17) is 9.47 Å². The second-order valence-corrected chi connectivity index (χ2v) is 5.69. The number of nitrogens with zero attached hydrogens (tertiary/aromatic N) is 2. The first kappa shape index (κ1) is 18.8. The third-order valence-corrected chi connectivity index (χ3v) is 3.81. The Labute approximate surface area is 147 Å². The Hall–Kier alpha value is -2.57. The fraction of sp³-hybridized carbons (Fsp3) is 0.500. The third kappa shape index (κ3) is 5.77. The first-order valence-corrected chi connectivity index (χ1v) is 8.56. The van der Waals surface area contributed by atoms with Gasteiger partial charge in [0.2, 0.25) is 5.91 Å². The van der Waals surface area contributed by atoms with Gasteiger partial charge in [0, 0.05) is 25.9 Å². The van der Waals surface area contributed by atoms with Crippen molar-refractivity contribution in [2.24, 2.45) is 0 Å². The maximum absolute atomic E-state index is 12.3. The maximum atomic E-state index is 12.3. The van der Waals surface area contributed by atoms with Gasteiger partial charge in [-0.15, -0.1) is 0 Å². The molecule has 0 atom stereocenters. The van der Waals surface area contributed by atoms with Crippen LogP contribution in [0.15, 0.2) is 30.3 Å². The van der Waals surface area contributed by atoms with Gasteiger partial charge in [0.25, 0.3) is 0 Å². The predicted molar refractivity (Wildman–Crippen MR) is 90.1 cm³/mol. The number of ether oxygens (including phenoxy) is 2. The summed E-state index contributed by atoms with van der Waals surface area (Å²) in [4.78, 5) is 35.8. The van der Waals surface area contributed by atoms with Gasteiger partial charge < -0.3 is 9.47 Å². The number of hydrogen-bond donors (Lipinski definition) is 0. The van der Waals surface area contributed by atoms with Crippen LogP contribution in [0.25, 0.3) is 0 Å². The summed E-state index contributed by atoms with van der Waals surface area (Å²) in [6.07, 6.45) is 0.984. The van der Waals surface area contributed by atoms with Crippen molar-refractivity contribution >= 4 is 18.0 Å². The second kappa shape index (κ2) is 9.66. The molecule has 1 heterocycles. The van der Waals surface area contributed by atoms with E-state index in [1.807, 2.05) is 30.3 Å². The lowest BCUT2D eigenvalue weighted by Gasteiger charge is -2.27. The minimum atomic E-state index is -0.528. The number of rotatable bonds is 7. The molecule has 136 valence electrons. The van der Waals surface area contributed by atoms with E-state index in [9.17, 15) is 14.4 Å². The SMILES string of the molecule is CCOC(=O)CCCC(=O)N1CCCN1C(=O)OCc1ccccc1. The summed E-state index contributed by atoms with van der Waals surface area (Å²) in [6.45, 7) is 3.18. The first-order valence-electron chi connectivity index (χ1n) is 8.56. The van der Waals surface area contributed by atoms with E-state index in [2.05, 4.69) is 0 Å². The molecule has 1 saturated heterocycles. The molecule has 0 unspecified atom stereocenters. The fourth-order valence-electron chi connectivity index (χ4n) is 2.60. The van der Waals surface area contributed by atoms with Crippen molar-refractivity contribution < 1.29 is 23.9 Å². The largest absolute Gasteiger partial charge is 0.466 e. The summed E-state index contributed by atoms with van der Waals surface area (Å²) in [6, 6.07) is 9.38. The standard InChI is InChI=1S/C18H24N2O5/c1-2-24-17(22)11-6-10-16(21)19-12-7-13-20(19)18(23)25-14-15-8-4-3-5-9-15/h3-5,8-9H,2,6-7,10-14H2,1H3. The Bertz CT molecular complexity index is 590. The van der Waals surface area contributed by atoms with Crippen LogP contribution in [0.4, 0.5) is 4.79 Å². The molecule has 0 radical (unpaired) electrons. The molecule has 0 saturated carbocycles. The minimum absolute atomic E-state index is 0.168. The summed E-state index contributed by atoms with van der Waals surface area (Å²) in [5.74, 6) is -0.491. The van der Waals surface area contributed by atoms with Crippen LogP contribution in [0, 0.1) is 0 Å². The molecule has 1 aliphatic rings. The highest BCUT2D eigenvalue weighted by atomic mass is 16.6. The van der Waals surface area contributed by atoms with Gasteiger partial charge >= 0.3 is 12.1 Å². The van der Waals surface area contributed by atoms with Gasteiger partial charge in [-0.2, -0.15) is 0 Å². The molecule has 0 aromatic heterocycles. The van der Waals surface area contributed by atoms with Crippen LogP contribution in [0.5, 0.6) is 0 Å². The van der Waals surface area contributed by atoms with Crippen LogP contribution < -0.4 is 0 Å². The normalized spacial score (nSPS) is 13.6. The smallest absolute Gasteiger partial charge is 0.429 e. The maximum Gasteiger partial charge on any atom is 0.429 e. The lowest BCUT2D eigenvalue weighted by Crippen LogP contribution is -2.45. The van der Waals surface area contributed by atoms with E-state index in [0.717, 1.165) is 5.56 Å². The van der Waals surface area contributed by atoms with Crippen LogP contribution in [0.1, 0.15) is 38.2 Å². The zero-order valence-electron chi connectivity index (χ0n) is 14.5. The van der Waals surface area contributed by atoms with Crippen molar-refractivity contribution in [3.05, 3.63) is 35.9 Å². The lowest BCUT2D eigenvalue weighted by molar-refractivity contribution is -0.144. The second-order valence-electron chi connectivity index (χ2n) is 5.69. The van der Waals surface area contributed by atoms with Crippen molar-refractivity contribution in [2.45, 2.75) is 39.2 Å². The molecule has 1 fully saturated rings. The number of esters is 1. The number of benzene rings is 1. The molecule has 1 aromatic rings. The van der Waals surface area contributed by atoms with E-state index in [1.165, 1.54) is 10.0 Å². The molecule has 7 heteroatoms. The molecule has 0 spiro atoms. The highest BCUT2D eigenvalue weighted by Gasteiger charge is 2.31. The van der Waals surface area contributed by atoms with Gasteiger partial charge in [0.05, 0.1) is 6.61 Å². The van der Waals surface area contributed by atoms with Gasteiger partial charge in [0.15, 0.2) is 0 Å². The molecule has 0 N–H and O–H groups in total. The van der Waals surface area contributed by atoms with E-state index in [1.54, 1.807) is 6.92 Å². The van der Waals surface area contributed by atoms with Crippen LogP contribution in [0.3, 0.4) is 0 Å². The topological polar surface area (TPSA) is 76.2 Å². The number of amides is 2. The monoisotopic (exact) mass is 348 g/mol. The molecular formula is C18H24N2O5. The highest BCUT2D eigenvalue weighted by molar-refractivity contribution is 5.80. The first-order chi connectivity index (χ1) is 12.1. The Morgan fingerprint density at radius 2 is 1.72 bits per heavy atom. The van der Waals surface area contributed by atoms with Crippen molar-refractivity contribution in [2.75, 3.05) is 19.7 Å². The Kier molecular flexibility index (Phi) is 7.25. The Morgan fingerprint density at radius 1 is 1.00 bits per heavy atom. The molecule has 1 aromatic carbocycles. The van der Waals surface area contributed by atoms with E-state index in [-0.39, 0.29) is 31.3 Å². The van der Waals surface area contributed by atoms with Crippen LogP contribution >= 0.6 is 0 Å². The summed E-state index contributed by atoms with van der Waals surface area (Å²) in [5, 5.41) is 2.76. The van der Waals surface area contributed by atoms with Crippen LogP contribution in [-0.4, -0.2) is 47.7 Å². The van der Waals surface area contributed by atoms with Crippen molar-refractivity contribution in [1.82, 2.24) is 10.0 Å². The summed E-state index contributed by atoms with van der Waals surface area (Å²) >= 11 is 0. The molecule has 25 heavy (non-hydrogen) atoms. The summed E-state index contributed by atoms with van der Waals surface area (Å²) in [7, 11) is 0. The number of hydrazine groups is 1. The zero-order chi connectivity index (χ0) is 18.1. The molecule has 0 aliphatic carbocycles. The van der Waals surface area contributed by atoms with Gasteiger partial charge in [-0.05, 0) is 25.3 Å². The van der Waals surface area contributed by atoms with E-state index >= 15 is 0 Å². The Balaban J connectivity index is 1.79. The van der Waals surface area contributed by atoms with Crippen LogP contribution in [-0.2, 0) is 25.7 Å². The van der Waals surface area contributed by atoms with E-state index < -0.39 is 6.09 Å². The van der Waals surface area contributed by atoms with Crippen LogP contribution in [0.2, 0.25) is 0 Å². The predicted octanol–water partition coefficient (Wildman–Crippen LogP) is 2.51. The molecular weight excluding hydrogens is 324 g/mol. The molecule has 2 rings (SSSR count). The average Bonchev–Trinajstić information content (AvgIpc) is 3.10. The molecule has 1 aliphatic heterocycles. The van der Waals surface area contributed by atoms with Gasteiger partial charge in [-0.25, -0.2) is 14.8 Å². The number of carbonyl (C=O) groups excluding carboxylic acids is 3. The molecule has 0 bridgehead atoms. The van der Waals surface area contributed by atoms with Crippen molar-refractivity contribution in [3.63, 3.8) is 0 Å². The summed E-state index contributed by atoms with van der Waals surface area (Å²) < 4.78 is 10.1. The molecule has 7 nitrogen and oxygen atoms in total. The zero-order valence-corrected chi connectivity index (χ0v) is 14.5. The van der Waals surface area contributed by atoms with Gasteiger partial charge in [-0.3, -0.25) is 9.59 Å². The third-order valence-electron chi connectivity index (χ3n) is 3.81. The van der Waals surface area contributed by atoms with Crippen molar-refractivity contribution in [1.29, 1.82) is 0 Å². The quantitative estimate of drug-likeness (QED) is 0.708. The summed E-state index contributed by atoms with van der Waals surface area (Å²) in [5.41, 5.74) is 0.891. The minimum Gasteiger partial charge on any atom is -0.466 e. The number of hydrogen-bond acceptors (Lipinski definition) is 5. The fourth-order valence-corrected chi connectivity index (χ4v) is 2.60. The van der Waals surface area contributed by atoms with E-state index in [0.29, 0.717) is 32.5 Å². The average molecular weight is 348 g/mol. The molecule has 2 amide bonds. The number of carbonyl (C=O) groups is 3. The van der Waals surface area contributed by atoms with Crippen molar-refractivity contribution in [3.8, 4) is 0 Å². The Morgan fingerprint density at radius 3 is 2.44 bits per heavy atom. The highest BCUT2D eigenvalue weighted by Crippen LogP contribution is 2.15.